The summed E-state index contributed by atoms with van der Waals surface area (Å²) in [6.07, 6.45) is -0.306. The van der Waals surface area contributed by atoms with Crippen LogP contribution in [0.2, 0.25) is 0 Å². The molecule has 1 fully saturated rings. The lowest BCUT2D eigenvalue weighted by Gasteiger charge is -2.37. The van der Waals surface area contributed by atoms with Crippen LogP contribution in [0.1, 0.15) is 34.9 Å². The number of benzene rings is 3. The first-order valence-electron chi connectivity index (χ1n) is 14.0. The van der Waals surface area contributed by atoms with Gasteiger partial charge in [0.05, 0.1) is 26.9 Å². The Labute approximate surface area is 253 Å². The molecule has 0 aliphatic carbocycles. The lowest BCUT2D eigenvalue weighted by atomic mass is 9.80. The summed E-state index contributed by atoms with van der Waals surface area (Å²) >= 11 is 0. The molecule has 1 aliphatic heterocycles. The molecular weight excluding hydrogens is 566 g/mol. The minimum absolute atomic E-state index is 0.0292. The second kappa shape index (κ2) is 13.6. The van der Waals surface area contributed by atoms with Crippen molar-refractivity contribution < 1.29 is 23.7 Å². The number of azide groups is 1. The van der Waals surface area contributed by atoms with Crippen LogP contribution in [0.3, 0.4) is 0 Å². The predicted molar refractivity (Wildman–Crippen MR) is 162 cm³/mol. The fourth-order valence-electron chi connectivity index (χ4n) is 5.43. The van der Waals surface area contributed by atoms with Gasteiger partial charge in [0.25, 0.3) is 5.56 Å². The molecule has 1 aromatic heterocycles. The molecule has 2 heterocycles. The normalized spacial score (nSPS) is 18.0. The Bertz CT molecular complexity index is 1670. The van der Waals surface area contributed by atoms with Gasteiger partial charge in [-0.1, -0.05) is 59.7 Å². The van der Waals surface area contributed by atoms with Crippen LogP contribution in [-0.4, -0.2) is 49.3 Å². The molecule has 12 heteroatoms. The van der Waals surface area contributed by atoms with Crippen molar-refractivity contribution in [2.24, 2.45) is 5.11 Å². The number of methoxy groups -OCH3 is 2. The van der Waals surface area contributed by atoms with Gasteiger partial charge in [0.2, 0.25) is 0 Å². The van der Waals surface area contributed by atoms with E-state index in [9.17, 15) is 9.59 Å². The van der Waals surface area contributed by atoms with Crippen LogP contribution in [0.4, 0.5) is 0 Å². The Kier molecular flexibility index (Phi) is 9.47. The fraction of sp³-hybridized carbons (Fsp3) is 0.312. The minimum atomic E-state index is -1.11. The first-order valence-corrected chi connectivity index (χ1v) is 14.0. The number of rotatable bonds is 12. The highest BCUT2D eigenvalue weighted by Gasteiger charge is 2.43. The van der Waals surface area contributed by atoms with Crippen molar-refractivity contribution >= 4 is 0 Å². The maximum Gasteiger partial charge on any atom is 0.330 e. The van der Waals surface area contributed by atoms with Gasteiger partial charge in [0.1, 0.15) is 36.2 Å². The number of hydrogen-bond donors (Lipinski definition) is 1. The molecule has 5 rings (SSSR count). The summed E-state index contributed by atoms with van der Waals surface area (Å²) in [5, 5.41) is 3.52. The van der Waals surface area contributed by atoms with Gasteiger partial charge in [-0.3, -0.25) is 14.3 Å². The van der Waals surface area contributed by atoms with Crippen molar-refractivity contribution in [3.8, 4) is 11.5 Å². The minimum Gasteiger partial charge on any atom is -0.497 e. The number of aryl methyl sites for hydroxylation is 1. The third-order valence-electron chi connectivity index (χ3n) is 7.68. The standard InChI is InChI=1S/C32H33N5O7/c1-21-18-37(31(39)35-30(21)38)29-17-27(42-20-34-36-33)28(44-29)19-43-32(22-7-5-4-6-8-22,23-9-13-25(40-2)14-10-23)24-11-15-26(41-3)16-12-24/h4-16,18,27-29H,17,19-20H2,1-3H3,(H,35,38,39)/t27-,28+,29+/m0/s1. The van der Waals surface area contributed by atoms with E-state index < -0.39 is 35.3 Å². The van der Waals surface area contributed by atoms with Crippen LogP contribution in [0.5, 0.6) is 11.5 Å². The van der Waals surface area contributed by atoms with Gasteiger partial charge in [-0.25, -0.2) is 4.79 Å². The van der Waals surface area contributed by atoms with Crippen molar-refractivity contribution in [2.45, 2.75) is 37.4 Å². The highest BCUT2D eigenvalue weighted by atomic mass is 16.6. The Hall–Kier alpha value is -4.87. The molecule has 1 aliphatic rings. The van der Waals surface area contributed by atoms with Crippen LogP contribution in [0.15, 0.2) is 99.8 Å². The van der Waals surface area contributed by atoms with E-state index in [0.29, 0.717) is 17.1 Å². The topological polar surface area (TPSA) is 150 Å². The second-order valence-electron chi connectivity index (χ2n) is 10.2. The highest BCUT2D eigenvalue weighted by Crippen LogP contribution is 2.43. The van der Waals surface area contributed by atoms with Crippen LogP contribution >= 0.6 is 0 Å². The van der Waals surface area contributed by atoms with Gasteiger partial charge in [0, 0.05) is 23.1 Å². The Morgan fingerprint density at radius 2 is 1.55 bits per heavy atom. The van der Waals surface area contributed by atoms with E-state index in [-0.39, 0.29) is 19.8 Å². The third-order valence-corrected chi connectivity index (χ3v) is 7.68. The largest absolute Gasteiger partial charge is 0.497 e. The number of nitrogens with one attached hydrogen (secondary N) is 1. The molecule has 228 valence electrons. The molecule has 0 radical (unpaired) electrons. The molecule has 12 nitrogen and oxygen atoms in total. The number of ether oxygens (including phenoxy) is 5. The molecule has 1 saturated heterocycles. The third kappa shape index (κ3) is 6.24. The van der Waals surface area contributed by atoms with E-state index >= 15 is 0 Å². The van der Waals surface area contributed by atoms with E-state index in [4.69, 9.17) is 29.2 Å². The molecule has 0 saturated carbocycles. The zero-order chi connectivity index (χ0) is 31.1. The SMILES string of the molecule is COc1ccc(C(OC[C@H]2O[C@@H](n3cc(C)c(=O)[nH]c3=O)C[C@@H]2OCN=[N+]=[N-])(c2ccccc2)c2ccc(OC)cc2)cc1. The number of aromatic amines is 1. The maximum atomic E-state index is 12.7. The van der Waals surface area contributed by atoms with Crippen molar-refractivity contribution in [3.05, 3.63) is 139 Å². The van der Waals surface area contributed by atoms with E-state index in [1.54, 1.807) is 21.1 Å². The van der Waals surface area contributed by atoms with Crippen molar-refractivity contribution in [1.29, 1.82) is 0 Å². The summed E-state index contributed by atoms with van der Waals surface area (Å²) in [7, 11) is 3.22. The molecule has 1 N–H and O–H groups in total. The lowest BCUT2D eigenvalue weighted by Crippen LogP contribution is -2.38. The van der Waals surface area contributed by atoms with Gasteiger partial charge < -0.3 is 23.7 Å². The number of hydrogen-bond acceptors (Lipinski definition) is 8. The van der Waals surface area contributed by atoms with Gasteiger partial charge in [-0.05, 0) is 53.4 Å². The molecule has 0 bridgehead atoms. The summed E-state index contributed by atoms with van der Waals surface area (Å²) in [5.74, 6) is 1.39. The first kappa shape index (κ1) is 30.6. The van der Waals surface area contributed by atoms with Gasteiger partial charge >= 0.3 is 5.69 Å². The quantitative estimate of drug-likeness (QED) is 0.106. The highest BCUT2D eigenvalue weighted by molar-refractivity contribution is 5.49. The fourth-order valence-corrected chi connectivity index (χ4v) is 5.43. The van der Waals surface area contributed by atoms with Crippen molar-refractivity contribution in [1.82, 2.24) is 9.55 Å². The Morgan fingerprint density at radius 3 is 2.11 bits per heavy atom. The first-order chi connectivity index (χ1) is 21.4. The second-order valence-corrected chi connectivity index (χ2v) is 10.2. The van der Waals surface area contributed by atoms with Crippen molar-refractivity contribution in [3.63, 3.8) is 0 Å². The maximum absolute atomic E-state index is 12.7. The summed E-state index contributed by atoms with van der Waals surface area (Å²) < 4.78 is 31.4. The molecule has 0 unspecified atom stereocenters. The van der Waals surface area contributed by atoms with Crippen LogP contribution in [0.25, 0.3) is 10.4 Å². The van der Waals surface area contributed by atoms with Gasteiger partial charge in [-0.15, -0.1) is 0 Å². The van der Waals surface area contributed by atoms with Crippen molar-refractivity contribution in [2.75, 3.05) is 27.6 Å². The van der Waals surface area contributed by atoms with E-state index in [1.165, 1.54) is 10.8 Å². The smallest absolute Gasteiger partial charge is 0.330 e. The van der Waals surface area contributed by atoms with Crippen LogP contribution in [0, 0.1) is 6.92 Å². The molecule has 4 aromatic rings. The molecule has 0 amide bonds. The zero-order valence-corrected chi connectivity index (χ0v) is 24.6. The molecule has 0 spiro atoms. The average Bonchev–Trinajstić information content (AvgIpc) is 3.46. The predicted octanol–water partition coefficient (Wildman–Crippen LogP) is 4.81. The number of nitrogens with zero attached hydrogens (tertiary/aromatic N) is 4. The summed E-state index contributed by atoms with van der Waals surface area (Å²) in [5.41, 5.74) is 9.54. The van der Waals surface area contributed by atoms with Gasteiger partial charge in [-0.2, -0.15) is 0 Å². The summed E-state index contributed by atoms with van der Waals surface area (Å²) in [4.78, 5) is 29.8. The van der Waals surface area contributed by atoms with E-state index in [2.05, 4.69) is 15.0 Å². The van der Waals surface area contributed by atoms with Gasteiger partial charge in [0.15, 0.2) is 0 Å². The molecule has 44 heavy (non-hydrogen) atoms. The average molecular weight is 600 g/mol. The monoisotopic (exact) mass is 599 g/mol. The summed E-state index contributed by atoms with van der Waals surface area (Å²) in [6, 6.07) is 25.1. The van der Waals surface area contributed by atoms with Crippen LogP contribution < -0.4 is 20.7 Å². The lowest BCUT2D eigenvalue weighted by molar-refractivity contribution is -0.104. The molecule has 3 atom stereocenters. The van der Waals surface area contributed by atoms with E-state index in [0.717, 1.165) is 16.7 Å². The van der Waals surface area contributed by atoms with E-state index in [1.807, 2.05) is 78.9 Å². The number of H-pyrrole nitrogens is 1. The Balaban J connectivity index is 1.57. The molecular formula is C32H33N5O7. The molecule has 3 aromatic carbocycles. The van der Waals surface area contributed by atoms with Crippen LogP contribution in [-0.2, 0) is 19.8 Å². The zero-order valence-electron chi connectivity index (χ0n) is 24.6. The summed E-state index contributed by atoms with van der Waals surface area (Å²) in [6.45, 7) is 1.41. The number of aromatic nitrogens is 2. The Morgan fingerprint density at radius 1 is 0.955 bits per heavy atom.